The Balaban J connectivity index is 2.20. The van der Waals surface area contributed by atoms with Gasteiger partial charge in [-0.1, -0.05) is 46.3 Å². The molecule has 0 heterocycles. The molecule has 0 N–H and O–H groups in total. The van der Waals surface area contributed by atoms with Crippen molar-refractivity contribution in [2.75, 3.05) is 14.2 Å². The number of rotatable bonds is 6. The van der Waals surface area contributed by atoms with Gasteiger partial charge in [0.15, 0.2) is 11.5 Å². The fourth-order valence-corrected chi connectivity index (χ4v) is 2.41. The van der Waals surface area contributed by atoms with Gasteiger partial charge in [-0.05, 0) is 23.3 Å². The van der Waals surface area contributed by atoms with Crippen LogP contribution >= 0.6 is 15.9 Å². The summed E-state index contributed by atoms with van der Waals surface area (Å²) in [4.78, 5) is 11.5. The summed E-state index contributed by atoms with van der Waals surface area (Å²) in [5.74, 6) is 0.893. The second-order valence-electron chi connectivity index (χ2n) is 4.62. The third-order valence-electron chi connectivity index (χ3n) is 3.13. The number of methoxy groups -OCH3 is 2. The van der Waals surface area contributed by atoms with Crippen LogP contribution in [0.2, 0.25) is 0 Å². The summed E-state index contributed by atoms with van der Waals surface area (Å²) in [6.07, 6.45) is 0.169. The maximum atomic E-state index is 11.5. The number of hydrogen-bond acceptors (Lipinski definition) is 4. The SMILES string of the molecule is COC(=O)Cc1cc(OCc2ccccc2)c(OC)cc1Br. The molecule has 0 aromatic heterocycles. The molecule has 0 aliphatic carbocycles. The first-order valence-electron chi connectivity index (χ1n) is 6.74. The highest BCUT2D eigenvalue weighted by Crippen LogP contribution is 2.34. The number of halogens is 1. The zero-order chi connectivity index (χ0) is 15.9. The van der Waals surface area contributed by atoms with E-state index in [-0.39, 0.29) is 12.4 Å². The largest absolute Gasteiger partial charge is 0.493 e. The number of hydrogen-bond donors (Lipinski definition) is 0. The van der Waals surface area contributed by atoms with Crippen LogP contribution in [0.15, 0.2) is 46.9 Å². The van der Waals surface area contributed by atoms with Gasteiger partial charge in [0, 0.05) is 4.47 Å². The highest BCUT2D eigenvalue weighted by molar-refractivity contribution is 9.10. The fraction of sp³-hybridized carbons (Fsp3) is 0.235. The van der Waals surface area contributed by atoms with Gasteiger partial charge < -0.3 is 14.2 Å². The minimum absolute atomic E-state index is 0.169. The molecule has 0 unspecified atom stereocenters. The highest BCUT2D eigenvalue weighted by Gasteiger charge is 2.13. The number of esters is 1. The third-order valence-corrected chi connectivity index (χ3v) is 3.87. The normalized spacial score (nSPS) is 10.1. The molecule has 0 saturated heterocycles. The van der Waals surface area contributed by atoms with Crippen molar-refractivity contribution in [1.82, 2.24) is 0 Å². The van der Waals surface area contributed by atoms with Crippen LogP contribution < -0.4 is 9.47 Å². The van der Waals surface area contributed by atoms with Crippen molar-refractivity contribution in [3.8, 4) is 11.5 Å². The first-order chi connectivity index (χ1) is 10.6. The maximum Gasteiger partial charge on any atom is 0.310 e. The minimum atomic E-state index is -0.306. The molecule has 2 aromatic carbocycles. The molecule has 0 saturated carbocycles. The standard InChI is InChI=1S/C17H17BrO4/c1-20-15-10-14(18)13(9-17(19)21-2)8-16(15)22-11-12-6-4-3-5-7-12/h3-8,10H,9,11H2,1-2H3. The monoisotopic (exact) mass is 364 g/mol. The third kappa shape index (κ3) is 4.24. The lowest BCUT2D eigenvalue weighted by Crippen LogP contribution is -2.06. The molecule has 0 atom stereocenters. The summed E-state index contributed by atoms with van der Waals surface area (Å²) in [5, 5.41) is 0. The Kier molecular flexibility index (Phi) is 5.83. The van der Waals surface area contributed by atoms with E-state index in [4.69, 9.17) is 14.2 Å². The molecule has 5 heteroatoms. The Hall–Kier alpha value is -2.01. The van der Waals surface area contributed by atoms with E-state index in [0.717, 1.165) is 15.6 Å². The van der Waals surface area contributed by atoms with Crippen molar-refractivity contribution in [3.05, 3.63) is 58.1 Å². The zero-order valence-electron chi connectivity index (χ0n) is 12.5. The smallest absolute Gasteiger partial charge is 0.310 e. The molecule has 0 fully saturated rings. The van der Waals surface area contributed by atoms with E-state index in [9.17, 15) is 4.79 Å². The fourth-order valence-electron chi connectivity index (χ4n) is 1.95. The summed E-state index contributed by atoms with van der Waals surface area (Å²) in [6.45, 7) is 0.427. The minimum Gasteiger partial charge on any atom is -0.493 e. The van der Waals surface area contributed by atoms with E-state index in [0.29, 0.717) is 18.1 Å². The average Bonchev–Trinajstić information content (AvgIpc) is 2.55. The first-order valence-corrected chi connectivity index (χ1v) is 7.53. The van der Waals surface area contributed by atoms with Crippen molar-refractivity contribution in [1.29, 1.82) is 0 Å². The summed E-state index contributed by atoms with van der Waals surface area (Å²) in [7, 11) is 2.95. The summed E-state index contributed by atoms with van der Waals surface area (Å²) < 4.78 is 16.6. The predicted molar refractivity (Wildman–Crippen MR) is 87.2 cm³/mol. The average molecular weight is 365 g/mol. The molecule has 0 spiro atoms. The molecule has 0 aliphatic heterocycles. The molecule has 2 aromatic rings. The van der Waals surface area contributed by atoms with Gasteiger partial charge in [0.2, 0.25) is 0 Å². The van der Waals surface area contributed by atoms with Crippen molar-refractivity contribution >= 4 is 21.9 Å². The van der Waals surface area contributed by atoms with Crippen LogP contribution in [0.25, 0.3) is 0 Å². The maximum absolute atomic E-state index is 11.5. The van der Waals surface area contributed by atoms with Gasteiger partial charge in [-0.3, -0.25) is 4.79 Å². The van der Waals surface area contributed by atoms with E-state index in [1.807, 2.05) is 30.3 Å². The predicted octanol–water partition coefficient (Wildman–Crippen LogP) is 3.75. The second-order valence-corrected chi connectivity index (χ2v) is 5.48. The Morgan fingerprint density at radius 3 is 2.45 bits per heavy atom. The van der Waals surface area contributed by atoms with E-state index >= 15 is 0 Å². The lowest BCUT2D eigenvalue weighted by molar-refractivity contribution is -0.139. The van der Waals surface area contributed by atoms with Gasteiger partial charge >= 0.3 is 5.97 Å². The van der Waals surface area contributed by atoms with Crippen LogP contribution in [0.3, 0.4) is 0 Å². The number of ether oxygens (including phenoxy) is 3. The summed E-state index contributed by atoms with van der Waals surface area (Å²) in [6, 6.07) is 13.4. The van der Waals surface area contributed by atoms with Gasteiger partial charge in [-0.15, -0.1) is 0 Å². The summed E-state index contributed by atoms with van der Waals surface area (Å²) in [5.41, 5.74) is 1.85. The van der Waals surface area contributed by atoms with Crippen LogP contribution in [-0.4, -0.2) is 20.2 Å². The molecule has 22 heavy (non-hydrogen) atoms. The van der Waals surface area contributed by atoms with Crippen molar-refractivity contribution in [2.24, 2.45) is 0 Å². The molecule has 116 valence electrons. The van der Waals surface area contributed by atoms with Crippen LogP contribution in [0.5, 0.6) is 11.5 Å². The Morgan fingerprint density at radius 2 is 1.82 bits per heavy atom. The Morgan fingerprint density at radius 1 is 1.09 bits per heavy atom. The number of benzene rings is 2. The van der Waals surface area contributed by atoms with E-state index in [1.165, 1.54) is 7.11 Å². The highest BCUT2D eigenvalue weighted by atomic mass is 79.9. The Bertz CT molecular complexity index is 641. The number of carbonyl (C=O) groups excluding carboxylic acids is 1. The second kappa shape index (κ2) is 7.84. The van der Waals surface area contributed by atoms with Gasteiger partial charge in [-0.2, -0.15) is 0 Å². The molecule has 0 aliphatic rings. The van der Waals surface area contributed by atoms with E-state index < -0.39 is 0 Å². The van der Waals surface area contributed by atoms with Crippen molar-refractivity contribution in [2.45, 2.75) is 13.0 Å². The quantitative estimate of drug-likeness (QED) is 0.732. The zero-order valence-corrected chi connectivity index (χ0v) is 14.1. The Labute approximate surface area is 138 Å². The van der Waals surface area contributed by atoms with E-state index in [2.05, 4.69) is 15.9 Å². The molecule has 0 amide bonds. The van der Waals surface area contributed by atoms with Gasteiger partial charge in [0.25, 0.3) is 0 Å². The van der Waals surface area contributed by atoms with Crippen LogP contribution in [-0.2, 0) is 22.6 Å². The van der Waals surface area contributed by atoms with Crippen LogP contribution in [0, 0.1) is 0 Å². The lowest BCUT2D eigenvalue weighted by atomic mass is 10.1. The molecule has 0 radical (unpaired) electrons. The lowest BCUT2D eigenvalue weighted by Gasteiger charge is -2.14. The number of carbonyl (C=O) groups is 1. The van der Waals surface area contributed by atoms with Gasteiger partial charge in [0.05, 0.1) is 20.6 Å². The molecule has 0 bridgehead atoms. The molecular formula is C17H17BrO4. The first kappa shape index (κ1) is 16.4. The van der Waals surface area contributed by atoms with Crippen LogP contribution in [0.1, 0.15) is 11.1 Å². The molecule has 4 nitrogen and oxygen atoms in total. The van der Waals surface area contributed by atoms with Gasteiger partial charge in [-0.25, -0.2) is 0 Å². The summed E-state index contributed by atoms with van der Waals surface area (Å²) >= 11 is 3.43. The topological polar surface area (TPSA) is 44.8 Å². The van der Waals surface area contributed by atoms with Crippen LogP contribution in [0.4, 0.5) is 0 Å². The van der Waals surface area contributed by atoms with Crippen molar-refractivity contribution < 1.29 is 19.0 Å². The van der Waals surface area contributed by atoms with Crippen molar-refractivity contribution in [3.63, 3.8) is 0 Å². The van der Waals surface area contributed by atoms with Gasteiger partial charge in [0.1, 0.15) is 6.61 Å². The molecular weight excluding hydrogens is 348 g/mol. The van der Waals surface area contributed by atoms with E-state index in [1.54, 1.807) is 19.2 Å². The molecule has 2 rings (SSSR count).